The third-order valence-electron chi connectivity index (χ3n) is 4.54. The first-order valence-electron chi connectivity index (χ1n) is 9.12. The summed E-state index contributed by atoms with van der Waals surface area (Å²) in [6, 6.07) is 0. The summed E-state index contributed by atoms with van der Waals surface area (Å²) in [4.78, 5) is 14.2. The zero-order valence-electron chi connectivity index (χ0n) is 15.3. The number of rotatable bonds is 11. The monoisotopic (exact) mass is 329 g/mol. The van der Waals surface area contributed by atoms with E-state index >= 15 is 0 Å². The Morgan fingerprint density at radius 1 is 1.30 bits per heavy atom. The number of nitrogens with zero attached hydrogens (tertiary/aromatic N) is 1. The van der Waals surface area contributed by atoms with E-state index in [1.165, 1.54) is 19.3 Å². The summed E-state index contributed by atoms with van der Waals surface area (Å²) >= 11 is 0. The maximum atomic E-state index is 12.0. The summed E-state index contributed by atoms with van der Waals surface area (Å²) in [5.74, 6) is -0.0596. The van der Waals surface area contributed by atoms with E-state index < -0.39 is 6.29 Å². The molecule has 1 rings (SSSR count). The van der Waals surface area contributed by atoms with Gasteiger partial charge in [0, 0.05) is 12.5 Å². The van der Waals surface area contributed by atoms with Gasteiger partial charge in [-0.1, -0.05) is 39.5 Å². The second kappa shape index (κ2) is 11.0. The predicted octanol–water partition coefficient (Wildman–Crippen LogP) is 2.81. The molecule has 0 aromatic carbocycles. The van der Waals surface area contributed by atoms with E-state index in [0.717, 1.165) is 32.4 Å². The Hall–Kier alpha value is -0.650. The molecule has 0 spiro atoms. The van der Waals surface area contributed by atoms with E-state index in [4.69, 9.17) is 9.47 Å². The summed E-state index contributed by atoms with van der Waals surface area (Å²) in [5.41, 5.74) is 0. The molecular formula is C18H35NO4. The van der Waals surface area contributed by atoms with Crippen LogP contribution in [0.3, 0.4) is 0 Å². The summed E-state index contributed by atoms with van der Waals surface area (Å²) in [6.07, 6.45) is 5.50. The van der Waals surface area contributed by atoms with Crippen molar-refractivity contribution in [1.29, 1.82) is 0 Å². The number of unbranched alkanes of at least 4 members (excludes halogenated alkanes) is 3. The maximum Gasteiger partial charge on any atom is 0.310 e. The van der Waals surface area contributed by atoms with Crippen molar-refractivity contribution in [2.45, 2.75) is 71.7 Å². The molecule has 1 aliphatic heterocycles. The SMILES string of the molecule is CCCCCCC(C)C(O)OCC(C)OC(=O)C1CCN(C)C1. The molecule has 0 radical (unpaired) electrons. The van der Waals surface area contributed by atoms with Crippen LogP contribution in [0, 0.1) is 11.8 Å². The van der Waals surface area contributed by atoms with Gasteiger partial charge in [-0.15, -0.1) is 0 Å². The van der Waals surface area contributed by atoms with Crippen molar-refractivity contribution < 1.29 is 19.4 Å². The molecule has 0 aliphatic carbocycles. The molecule has 0 aromatic heterocycles. The number of ether oxygens (including phenoxy) is 2. The normalized spacial score (nSPS) is 22.7. The van der Waals surface area contributed by atoms with Gasteiger partial charge in [0.15, 0.2) is 6.29 Å². The second-order valence-corrected chi connectivity index (χ2v) is 7.05. The van der Waals surface area contributed by atoms with Gasteiger partial charge >= 0.3 is 5.97 Å². The van der Waals surface area contributed by atoms with Crippen molar-refractivity contribution >= 4 is 5.97 Å². The van der Waals surface area contributed by atoms with Crippen molar-refractivity contribution in [3.8, 4) is 0 Å². The van der Waals surface area contributed by atoms with Crippen LogP contribution >= 0.6 is 0 Å². The first-order chi connectivity index (χ1) is 10.9. The van der Waals surface area contributed by atoms with Gasteiger partial charge in [0.2, 0.25) is 0 Å². The fraction of sp³-hybridized carbons (Fsp3) is 0.944. The van der Waals surface area contributed by atoms with Gasteiger partial charge in [-0.25, -0.2) is 0 Å². The lowest BCUT2D eigenvalue weighted by Gasteiger charge is -2.22. The molecule has 5 nitrogen and oxygen atoms in total. The van der Waals surface area contributed by atoms with Gasteiger partial charge in [-0.3, -0.25) is 4.79 Å². The molecule has 4 unspecified atom stereocenters. The topological polar surface area (TPSA) is 59.0 Å². The molecule has 5 heteroatoms. The molecule has 1 N–H and O–H groups in total. The lowest BCUT2D eigenvalue weighted by Crippen LogP contribution is -2.30. The minimum atomic E-state index is -0.782. The first kappa shape index (κ1) is 20.4. The Labute approximate surface area is 141 Å². The number of hydrogen-bond acceptors (Lipinski definition) is 5. The van der Waals surface area contributed by atoms with Crippen molar-refractivity contribution in [3.05, 3.63) is 0 Å². The third kappa shape index (κ3) is 8.13. The Bertz CT molecular complexity index is 337. The average Bonchev–Trinajstić information content (AvgIpc) is 2.95. The average molecular weight is 329 g/mol. The Morgan fingerprint density at radius 3 is 2.65 bits per heavy atom. The molecule has 0 amide bonds. The van der Waals surface area contributed by atoms with Crippen LogP contribution in [0.5, 0.6) is 0 Å². The van der Waals surface area contributed by atoms with Crippen molar-refractivity contribution in [3.63, 3.8) is 0 Å². The minimum absolute atomic E-state index is 0.0233. The Kier molecular flexibility index (Phi) is 9.75. The fourth-order valence-electron chi connectivity index (χ4n) is 2.89. The highest BCUT2D eigenvalue weighted by molar-refractivity contribution is 5.73. The Morgan fingerprint density at radius 2 is 2.04 bits per heavy atom. The number of esters is 1. The van der Waals surface area contributed by atoms with Gasteiger partial charge < -0.3 is 19.5 Å². The highest BCUT2D eigenvalue weighted by atomic mass is 16.6. The molecule has 0 bridgehead atoms. The molecule has 1 aliphatic rings. The molecule has 4 atom stereocenters. The van der Waals surface area contributed by atoms with E-state index in [0.29, 0.717) is 0 Å². The number of aliphatic hydroxyl groups excluding tert-OH is 1. The zero-order chi connectivity index (χ0) is 17.2. The lowest BCUT2D eigenvalue weighted by atomic mass is 10.0. The summed E-state index contributed by atoms with van der Waals surface area (Å²) in [7, 11) is 2.01. The lowest BCUT2D eigenvalue weighted by molar-refractivity contribution is -0.171. The van der Waals surface area contributed by atoms with Crippen LogP contribution in [0.25, 0.3) is 0 Å². The predicted molar refractivity (Wildman–Crippen MR) is 91.0 cm³/mol. The number of hydrogen-bond donors (Lipinski definition) is 1. The third-order valence-corrected chi connectivity index (χ3v) is 4.54. The molecule has 0 aromatic rings. The van der Waals surface area contributed by atoms with Gasteiger partial charge in [0.25, 0.3) is 0 Å². The summed E-state index contributed by atoms with van der Waals surface area (Å²) < 4.78 is 10.9. The molecule has 1 saturated heterocycles. The number of carbonyl (C=O) groups is 1. The van der Waals surface area contributed by atoms with Crippen LogP contribution in [0.15, 0.2) is 0 Å². The second-order valence-electron chi connectivity index (χ2n) is 7.05. The van der Waals surface area contributed by atoms with Gasteiger partial charge in [0.1, 0.15) is 6.10 Å². The van der Waals surface area contributed by atoms with Crippen molar-refractivity contribution in [2.24, 2.45) is 11.8 Å². The van der Waals surface area contributed by atoms with Crippen LogP contribution in [-0.4, -0.2) is 55.1 Å². The van der Waals surface area contributed by atoms with Gasteiger partial charge in [-0.2, -0.15) is 0 Å². The highest BCUT2D eigenvalue weighted by Gasteiger charge is 2.28. The quantitative estimate of drug-likeness (QED) is 0.359. The van der Waals surface area contributed by atoms with Crippen molar-refractivity contribution in [1.82, 2.24) is 4.90 Å². The van der Waals surface area contributed by atoms with E-state index in [9.17, 15) is 9.90 Å². The minimum Gasteiger partial charge on any atom is -0.460 e. The van der Waals surface area contributed by atoms with Crippen LogP contribution in [0.4, 0.5) is 0 Å². The standard InChI is InChI=1S/C18H35NO4/c1-5-6-7-8-9-14(2)17(20)22-13-15(3)23-18(21)16-10-11-19(4)12-16/h14-17,20H,5-13H2,1-4H3. The molecule has 136 valence electrons. The van der Waals surface area contributed by atoms with Crippen LogP contribution in [0.1, 0.15) is 59.3 Å². The fourth-order valence-corrected chi connectivity index (χ4v) is 2.89. The van der Waals surface area contributed by atoms with Gasteiger partial charge in [-0.05, 0) is 33.4 Å². The van der Waals surface area contributed by atoms with E-state index in [1.54, 1.807) is 0 Å². The van der Waals surface area contributed by atoms with Crippen LogP contribution in [0.2, 0.25) is 0 Å². The number of likely N-dealkylation sites (tertiary alicyclic amines) is 1. The smallest absolute Gasteiger partial charge is 0.310 e. The zero-order valence-corrected chi connectivity index (χ0v) is 15.3. The van der Waals surface area contributed by atoms with E-state index in [2.05, 4.69) is 11.8 Å². The number of carbonyl (C=O) groups excluding carboxylic acids is 1. The molecule has 23 heavy (non-hydrogen) atoms. The van der Waals surface area contributed by atoms with E-state index in [-0.39, 0.29) is 30.5 Å². The maximum absolute atomic E-state index is 12.0. The van der Waals surface area contributed by atoms with Gasteiger partial charge in [0.05, 0.1) is 12.5 Å². The Balaban J connectivity index is 2.16. The van der Waals surface area contributed by atoms with Crippen LogP contribution < -0.4 is 0 Å². The van der Waals surface area contributed by atoms with Crippen LogP contribution in [-0.2, 0) is 14.3 Å². The summed E-state index contributed by atoms with van der Waals surface area (Å²) in [6.45, 7) is 7.96. The van der Waals surface area contributed by atoms with Crippen molar-refractivity contribution in [2.75, 3.05) is 26.7 Å². The van der Waals surface area contributed by atoms with E-state index in [1.807, 2.05) is 20.9 Å². The molecule has 1 fully saturated rings. The molecular weight excluding hydrogens is 294 g/mol. The summed E-state index contributed by atoms with van der Waals surface area (Å²) in [5, 5.41) is 10.0. The molecule has 0 saturated carbocycles. The number of aliphatic hydroxyl groups is 1. The largest absolute Gasteiger partial charge is 0.460 e. The first-order valence-corrected chi connectivity index (χ1v) is 9.12. The molecule has 1 heterocycles. The highest BCUT2D eigenvalue weighted by Crippen LogP contribution is 2.18.